The van der Waals surface area contributed by atoms with Crippen LogP contribution in [0.25, 0.3) is 0 Å². The van der Waals surface area contributed by atoms with E-state index in [1.165, 1.54) is 0 Å². The van der Waals surface area contributed by atoms with E-state index in [0.717, 1.165) is 5.69 Å². The summed E-state index contributed by atoms with van der Waals surface area (Å²) in [6.07, 6.45) is 4.77. The Morgan fingerprint density at radius 2 is 2.00 bits per heavy atom. The van der Waals surface area contributed by atoms with Crippen molar-refractivity contribution in [1.82, 2.24) is 15.3 Å². The molecule has 0 amide bonds. The van der Waals surface area contributed by atoms with Gasteiger partial charge in [0.25, 0.3) is 10.3 Å². The molecule has 5 N–H and O–H groups in total. The average molecular weight is 246 g/mol. The molecule has 0 saturated carbocycles. The van der Waals surface area contributed by atoms with Gasteiger partial charge in [0.15, 0.2) is 0 Å². The Bertz CT molecular complexity index is 316. The Morgan fingerprint density at radius 1 is 1.40 bits per heavy atom. The molecule has 1 heterocycles. The van der Waals surface area contributed by atoms with Gasteiger partial charge in [-0.1, -0.05) is 0 Å². The third kappa shape index (κ3) is 10.4. The van der Waals surface area contributed by atoms with Gasteiger partial charge in [0.2, 0.25) is 0 Å². The van der Waals surface area contributed by atoms with Crippen molar-refractivity contribution < 1.29 is 10.2 Å². The topological polar surface area (TPSA) is 104 Å². The van der Waals surface area contributed by atoms with Crippen molar-refractivity contribution in [2.24, 2.45) is 5.73 Å². The third-order valence-corrected chi connectivity index (χ3v) is 1.18. The van der Waals surface area contributed by atoms with Gasteiger partial charge in [-0.15, -0.1) is 0 Å². The second-order valence-corrected chi connectivity index (χ2v) is 3.00. The number of hydrogen-bond acceptors (Lipinski definition) is 4. The highest BCUT2D eigenvalue weighted by Crippen LogP contribution is 1.87. The van der Waals surface area contributed by atoms with Gasteiger partial charge in [0, 0.05) is 12.4 Å². The van der Waals surface area contributed by atoms with E-state index in [1.54, 1.807) is 18.6 Å². The van der Waals surface area contributed by atoms with Gasteiger partial charge in [0.05, 0.1) is 18.4 Å². The highest BCUT2D eigenvalue weighted by molar-refractivity contribution is 7.80. The maximum absolute atomic E-state index is 8.59. The molecule has 6 nitrogen and oxygen atoms in total. The van der Waals surface area contributed by atoms with Gasteiger partial charge < -0.3 is 21.3 Å². The first kappa shape index (κ1) is 13.5. The SMILES string of the molecule is NC(O)=S.OC(=S)NCc1cnccn1. The van der Waals surface area contributed by atoms with E-state index in [2.05, 4.69) is 45.5 Å². The van der Waals surface area contributed by atoms with Crippen LogP contribution in [-0.2, 0) is 6.54 Å². The molecule has 0 radical (unpaired) electrons. The minimum absolute atomic E-state index is 0.226. The quantitative estimate of drug-likeness (QED) is 0.548. The van der Waals surface area contributed by atoms with Crippen LogP contribution in [0.5, 0.6) is 0 Å². The first-order valence-corrected chi connectivity index (χ1v) is 4.54. The average Bonchev–Trinajstić information content (AvgIpc) is 2.15. The Kier molecular flexibility index (Phi) is 7.02. The van der Waals surface area contributed by atoms with Crippen LogP contribution in [-0.4, -0.2) is 30.5 Å². The predicted octanol–water partition coefficient (Wildman–Crippen LogP) is 0.197. The molecule has 0 aliphatic carbocycles. The predicted molar refractivity (Wildman–Crippen MR) is 63.5 cm³/mol. The molecule has 0 atom stereocenters. The number of aliphatic hydroxyl groups excluding tert-OH is 2. The van der Waals surface area contributed by atoms with Crippen LogP contribution in [0.2, 0.25) is 0 Å². The summed E-state index contributed by atoms with van der Waals surface area (Å²) in [6, 6.07) is 0. The minimum Gasteiger partial charge on any atom is -0.487 e. The zero-order chi connectivity index (χ0) is 11.7. The van der Waals surface area contributed by atoms with Crippen molar-refractivity contribution in [3.05, 3.63) is 24.3 Å². The number of aromatic nitrogens is 2. The lowest BCUT2D eigenvalue weighted by Gasteiger charge is -1.99. The number of rotatable bonds is 2. The van der Waals surface area contributed by atoms with E-state index in [4.69, 9.17) is 10.2 Å². The second-order valence-electron chi connectivity index (χ2n) is 2.19. The summed E-state index contributed by atoms with van der Waals surface area (Å²) in [6.45, 7) is 0.406. The maximum Gasteiger partial charge on any atom is 0.254 e. The van der Waals surface area contributed by atoms with Gasteiger partial charge in [-0.25, -0.2) is 0 Å². The van der Waals surface area contributed by atoms with Crippen molar-refractivity contribution in [1.29, 1.82) is 0 Å². The molecule has 82 valence electrons. The van der Waals surface area contributed by atoms with Gasteiger partial charge in [-0.3, -0.25) is 9.97 Å². The number of hydrogen-bond donors (Lipinski definition) is 4. The Hall–Kier alpha value is -1.54. The van der Waals surface area contributed by atoms with Crippen molar-refractivity contribution in [2.75, 3.05) is 0 Å². The number of nitrogens with one attached hydrogen (secondary N) is 1. The molecule has 0 aliphatic heterocycles. The molecule has 0 aliphatic rings. The van der Waals surface area contributed by atoms with E-state index in [9.17, 15) is 0 Å². The Labute approximate surface area is 97.2 Å². The highest BCUT2D eigenvalue weighted by Gasteiger charge is 1.92. The molecule has 0 unspecified atom stereocenters. The molecule has 1 aromatic rings. The molecule has 0 saturated heterocycles. The highest BCUT2D eigenvalue weighted by atomic mass is 32.1. The van der Waals surface area contributed by atoms with Crippen LogP contribution >= 0.6 is 24.4 Å². The standard InChI is InChI=1S/C6H7N3OS.CH3NOS/c10-6(11)9-4-5-3-7-1-2-8-5;2-1(3)4/h1-3H,4H2,(H2,9,10,11);(H3,2,3,4). The second kappa shape index (κ2) is 7.83. The number of nitrogens with two attached hydrogens (primary N) is 1. The number of aliphatic hydroxyl groups is 2. The van der Waals surface area contributed by atoms with E-state index in [-0.39, 0.29) is 5.17 Å². The summed E-state index contributed by atoms with van der Waals surface area (Å²) in [5.74, 6) is 0. The Balaban J connectivity index is 0.000000423. The monoisotopic (exact) mass is 246 g/mol. The summed E-state index contributed by atoms with van der Waals surface area (Å²) in [5, 5.41) is 18.0. The molecule has 0 aromatic carbocycles. The van der Waals surface area contributed by atoms with Gasteiger partial charge in [-0.05, 0) is 24.4 Å². The molecule has 0 spiro atoms. The van der Waals surface area contributed by atoms with Crippen LogP contribution in [0.15, 0.2) is 18.6 Å². The zero-order valence-electron chi connectivity index (χ0n) is 7.62. The molecule has 0 fully saturated rings. The van der Waals surface area contributed by atoms with Crippen molar-refractivity contribution in [3.8, 4) is 0 Å². The lowest BCUT2D eigenvalue weighted by molar-refractivity contribution is 0.529. The fraction of sp³-hybridized carbons (Fsp3) is 0.143. The fourth-order valence-electron chi connectivity index (χ4n) is 0.587. The molecule has 15 heavy (non-hydrogen) atoms. The molecular formula is C7H10N4O2S2. The van der Waals surface area contributed by atoms with Gasteiger partial charge >= 0.3 is 0 Å². The third-order valence-electron chi connectivity index (χ3n) is 1.04. The van der Waals surface area contributed by atoms with Gasteiger partial charge in [-0.2, -0.15) is 0 Å². The smallest absolute Gasteiger partial charge is 0.254 e. The first-order chi connectivity index (χ1) is 7.02. The van der Waals surface area contributed by atoms with E-state index < -0.39 is 5.17 Å². The lowest BCUT2D eigenvalue weighted by atomic mass is 10.4. The minimum atomic E-state index is -0.500. The van der Waals surface area contributed by atoms with Crippen molar-refractivity contribution in [3.63, 3.8) is 0 Å². The van der Waals surface area contributed by atoms with Crippen LogP contribution < -0.4 is 11.1 Å². The Morgan fingerprint density at radius 3 is 2.40 bits per heavy atom. The lowest BCUT2D eigenvalue weighted by Crippen LogP contribution is -2.20. The summed E-state index contributed by atoms with van der Waals surface area (Å²) in [5.41, 5.74) is 5.14. The molecule has 8 heteroatoms. The van der Waals surface area contributed by atoms with Crippen LogP contribution in [0.3, 0.4) is 0 Å². The van der Waals surface area contributed by atoms with Crippen LogP contribution in [0, 0.1) is 0 Å². The van der Waals surface area contributed by atoms with Crippen molar-refractivity contribution >= 4 is 34.8 Å². The zero-order valence-corrected chi connectivity index (χ0v) is 9.25. The number of thiocarbonyl (C=S) groups is 2. The first-order valence-electron chi connectivity index (χ1n) is 3.72. The summed E-state index contributed by atoms with van der Waals surface area (Å²) >= 11 is 8.26. The van der Waals surface area contributed by atoms with Gasteiger partial charge in [0.1, 0.15) is 0 Å². The molecule has 1 aromatic heterocycles. The van der Waals surface area contributed by atoms with E-state index >= 15 is 0 Å². The van der Waals surface area contributed by atoms with E-state index in [0.29, 0.717) is 6.54 Å². The van der Waals surface area contributed by atoms with E-state index in [1.807, 2.05) is 0 Å². The largest absolute Gasteiger partial charge is 0.487 e. The molecule has 1 rings (SSSR count). The van der Waals surface area contributed by atoms with Crippen LogP contribution in [0.1, 0.15) is 5.69 Å². The molecular weight excluding hydrogens is 236 g/mol. The summed E-state index contributed by atoms with van der Waals surface area (Å²) in [7, 11) is 0. The number of nitrogens with zero attached hydrogens (tertiary/aromatic N) is 2. The van der Waals surface area contributed by atoms with Crippen LogP contribution in [0.4, 0.5) is 0 Å². The summed E-state index contributed by atoms with van der Waals surface area (Å²) < 4.78 is 0. The fourth-order valence-corrected chi connectivity index (χ4v) is 0.660. The van der Waals surface area contributed by atoms with Crippen molar-refractivity contribution in [2.45, 2.75) is 6.54 Å². The normalized spacial score (nSPS) is 8.27. The maximum atomic E-state index is 8.59. The summed E-state index contributed by atoms with van der Waals surface area (Å²) in [4.78, 5) is 7.79. The molecule has 0 bridgehead atoms.